The van der Waals surface area contributed by atoms with Crippen LogP contribution in [0.4, 0.5) is 0 Å². The zero-order valence-electron chi connectivity index (χ0n) is 8.17. The van der Waals surface area contributed by atoms with Crippen molar-refractivity contribution in [1.82, 2.24) is 10.2 Å². The van der Waals surface area contributed by atoms with Crippen LogP contribution in [0.25, 0.3) is 0 Å². The van der Waals surface area contributed by atoms with Crippen LogP contribution in [-0.2, 0) is 9.59 Å². The van der Waals surface area contributed by atoms with Crippen LogP contribution in [0.2, 0.25) is 0 Å². The second-order valence-electron chi connectivity index (χ2n) is 2.74. The Hall–Kier alpha value is -1.32. The van der Waals surface area contributed by atoms with Crippen LogP contribution in [0.15, 0.2) is 12.7 Å². The molecule has 0 fully saturated rings. The number of rotatable bonds is 5. The van der Waals surface area contributed by atoms with E-state index in [1.54, 1.807) is 11.0 Å². The van der Waals surface area contributed by atoms with Crippen molar-refractivity contribution in [2.45, 2.75) is 13.8 Å². The van der Waals surface area contributed by atoms with Gasteiger partial charge in [0.05, 0.1) is 0 Å². The lowest BCUT2D eigenvalue weighted by molar-refractivity contribution is -0.128. The first kappa shape index (κ1) is 11.7. The number of carbonyl (C=O) groups is 2. The van der Waals surface area contributed by atoms with Gasteiger partial charge >= 0.3 is 0 Å². The summed E-state index contributed by atoms with van der Waals surface area (Å²) in [6.07, 6.45) is 1.66. The summed E-state index contributed by atoms with van der Waals surface area (Å²) in [7, 11) is 0. The Bertz CT molecular complexity index is 202. The fourth-order valence-electron chi connectivity index (χ4n) is 0.900. The summed E-state index contributed by atoms with van der Waals surface area (Å²) in [5.74, 6) is -0.0904. The predicted molar refractivity (Wildman–Crippen MR) is 51.1 cm³/mol. The molecule has 0 aromatic rings. The van der Waals surface area contributed by atoms with Gasteiger partial charge in [-0.05, 0) is 0 Å². The Labute approximate surface area is 78.6 Å². The Morgan fingerprint density at radius 1 is 1.46 bits per heavy atom. The minimum Gasteiger partial charge on any atom is -0.355 e. The monoisotopic (exact) mass is 184 g/mol. The zero-order chi connectivity index (χ0) is 10.3. The number of nitrogens with one attached hydrogen (secondary N) is 1. The molecule has 1 N–H and O–H groups in total. The standard InChI is InChI=1S/C9H16N2O2/c1-4-6-11(9(3)13)7-5-10-8(2)12/h4H,1,5-7H2,2-3H3,(H,10,12). The third kappa shape index (κ3) is 5.90. The first-order chi connectivity index (χ1) is 6.07. The SMILES string of the molecule is C=CCN(CCNC(C)=O)C(C)=O. The molecule has 0 spiro atoms. The third-order valence-electron chi connectivity index (χ3n) is 1.55. The van der Waals surface area contributed by atoms with Crippen LogP contribution < -0.4 is 5.32 Å². The summed E-state index contributed by atoms with van der Waals surface area (Å²) >= 11 is 0. The van der Waals surface area contributed by atoms with E-state index in [0.29, 0.717) is 19.6 Å². The van der Waals surface area contributed by atoms with E-state index < -0.39 is 0 Å². The van der Waals surface area contributed by atoms with Crippen LogP contribution in [0, 0.1) is 0 Å². The highest BCUT2D eigenvalue weighted by Crippen LogP contribution is 1.88. The molecule has 0 unspecified atom stereocenters. The van der Waals surface area contributed by atoms with Crippen LogP contribution >= 0.6 is 0 Å². The van der Waals surface area contributed by atoms with E-state index in [0.717, 1.165) is 0 Å². The summed E-state index contributed by atoms with van der Waals surface area (Å²) in [6.45, 7) is 8.03. The van der Waals surface area contributed by atoms with E-state index in [2.05, 4.69) is 11.9 Å². The summed E-state index contributed by atoms with van der Waals surface area (Å²) in [4.78, 5) is 23.1. The topological polar surface area (TPSA) is 49.4 Å². The second-order valence-corrected chi connectivity index (χ2v) is 2.74. The molecule has 0 aliphatic rings. The minimum absolute atomic E-state index is 0.00903. The van der Waals surface area contributed by atoms with Gasteiger partial charge < -0.3 is 10.2 Å². The molecule has 0 saturated carbocycles. The van der Waals surface area contributed by atoms with Crippen molar-refractivity contribution in [1.29, 1.82) is 0 Å². The Morgan fingerprint density at radius 2 is 2.08 bits per heavy atom. The highest BCUT2D eigenvalue weighted by molar-refractivity contribution is 5.74. The molecule has 0 saturated heterocycles. The molecule has 0 heterocycles. The lowest BCUT2D eigenvalue weighted by atomic mass is 10.4. The van der Waals surface area contributed by atoms with E-state index in [1.165, 1.54) is 13.8 Å². The highest BCUT2D eigenvalue weighted by Gasteiger charge is 2.05. The van der Waals surface area contributed by atoms with Crippen molar-refractivity contribution in [3.05, 3.63) is 12.7 Å². The molecule has 0 bridgehead atoms. The maximum atomic E-state index is 11.0. The van der Waals surface area contributed by atoms with Gasteiger partial charge in [0.1, 0.15) is 0 Å². The molecule has 0 radical (unpaired) electrons. The van der Waals surface area contributed by atoms with Crippen LogP contribution in [0.1, 0.15) is 13.8 Å². The number of carbonyl (C=O) groups excluding carboxylic acids is 2. The van der Waals surface area contributed by atoms with Crippen molar-refractivity contribution >= 4 is 11.8 Å². The Balaban J connectivity index is 3.75. The number of amides is 2. The Morgan fingerprint density at radius 3 is 2.46 bits per heavy atom. The van der Waals surface area contributed by atoms with Gasteiger partial charge in [0.25, 0.3) is 0 Å². The van der Waals surface area contributed by atoms with E-state index in [1.807, 2.05) is 0 Å². The third-order valence-corrected chi connectivity index (χ3v) is 1.55. The fraction of sp³-hybridized carbons (Fsp3) is 0.556. The summed E-state index contributed by atoms with van der Waals surface area (Å²) < 4.78 is 0. The quantitative estimate of drug-likeness (QED) is 0.619. The van der Waals surface area contributed by atoms with Crippen LogP contribution in [-0.4, -0.2) is 36.3 Å². The lowest BCUT2D eigenvalue weighted by Gasteiger charge is -2.18. The van der Waals surface area contributed by atoms with Crippen molar-refractivity contribution in [3.63, 3.8) is 0 Å². The second kappa shape index (κ2) is 6.22. The molecule has 2 amide bonds. The van der Waals surface area contributed by atoms with Gasteiger partial charge in [0, 0.05) is 33.5 Å². The van der Waals surface area contributed by atoms with Gasteiger partial charge in [0.2, 0.25) is 11.8 Å². The first-order valence-corrected chi connectivity index (χ1v) is 4.18. The van der Waals surface area contributed by atoms with Gasteiger partial charge in [-0.1, -0.05) is 6.08 Å². The number of nitrogens with zero attached hydrogens (tertiary/aromatic N) is 1. The summed E-state index contributed by atoms with van der Waals surface area (Å²) in [5, 5.41) is 2.62. The molecule has 0 aromatic carbocycles. The molecule has 0 atom stereocenters. The minimum atomic E-state index is -0.0814. The Kier molecular flexibility index (Phi) is 5.59. The maximum Gasteiger partial charge on any atom is 0.219 e. The van der Waals surface area contributed by atoms with E-state index in [9.17, 15) is 9.59 Å². The molecule has 0 aliphatic carbocycles. The van der Waals surface area contributed by atoms with Gasteiger partial charge in [-0.3, -0.25) is 9.59 Å². The van der Waals surface area contributed by atoms with E-state index in [4.69, 9.17) is 0 Å². The molecule has 13 heavy (non-hydrogen) atoms. The number of hydrogen-bond donors (Lipinski definition) is 1. The largest absolute Gasteiger partial charge is 0.355 e. The van der Waals surface area contributed by atoms with Gasteiger partial charge in [0.15, 0.2) is 0 Å². The molecule has 4 heteroatoms. The zero-order valence-corrected chi connectivity index (χ0v) is 8.17. The van der Waals surface area contributed by atoms with Crippen molar-refractivity contribution in [2.24, 2.45) is 0 Å². The normalized spacial score (nSPS) is 9.08. The lowest BCUT2D eigenvalue weighted by Crippen LogP contribution is -2.36. The van der Waals surface area contributed by atoms with Crippen LogP contribution in [0.5, 0.6) is 0 Å². The van der Waals surface area contributed by atoms with Crippen LogP contribution in [0.3, 0.4) is 0 Å². The molecule has 0 aliphatic heterocycles. The fourth-order valence-corrected chi connectivity index (χ4v) is 0.900. The van der Waals surface area contributed by atoms with Gasteiger partial charge in [-0.25, -0.2) is 0 Å². The first-order valence-electron chi connectivity index (χ1n) is 4.18. The highest BCUT2D eigenvalue weighted by atomic mass is 16.2. The number of hydrogen-bond acceptors (Lipinski definition) is 2. The van der Waals surface area contributed by atoms with Gasteiger partial charge in [-0.2, -0.15) is 0 Å². The predicted octanol–water partition coefficient (Wildman–Crippen LogP) is 0.157. The average Bonchev–Trinajstić information content (AvgIpc) is 2.02. The molecule has 74 valence electrons. The van der Waals surface area contributed by atoms with E-state index >= 15 is 0 Å². The van der Waals surface area contributed by atoms with Crippen molar-refractivity contribution in [3.8, 4) is 0 Å². The average molecular weight is 184 g/mol. The van der Waals surface area contributed by atoms with E-state index in [-0.39, 0.29) is 11.8 Å². The molecule has 0 aromatic heterocycles. The smallest absolute Gasteiger partial charge is 0.219 e. The van der Waals surface area contributed by atoms with Crippen molar-refractivity contribution in [2.75, 3.05) is 19.6 Å². The maximum absolute atomic E-state index is 11.0. The molecular formula is C9H16N2O2. The van der Waals surface area contributed by atoms with Crippen molar-refractivity contribution < 1.29 is 9.59 Å². The molecule has 0 rings (SSSR count). The molecule has 4 nitrogen and oxygen atoms in total. The van der Waals surface area contributed by atoms with Gasteiger partial charge in [-0.15, -0.1) is 6.58 Å². The molecular weight excluding hydrogens is 168 g/mol. The summed E-state index contributed by atoms with van der Waals surface area (Å²) in [6, 6.07) is 0. The summed E-state index contributed by atoms with van der Waals surface area (Å²) in [5.41, 5.74) is 0.